The standard InChI is InChI=1S/C19H31N3O2/c1-3-5-12-23-18-15-17(22-10-8-7-9-11-22)19(14-16(18)21-20)24-13-6-4-2/h14-15,18H,3-13H2,1-2H3. The molecular weight excluding hydrogens is 302 g/mol. The lowest BCUT2D eigenvalue weighted by atomic mass is 10.0. The maximum atomic E-state index is 9.37. The van der Waals surface area contributed by atoms with Gasteiger partial charge in [-0.2, -0.15) is 4.79 Å². The Morgan fingerprint density at radius 2 is 1.83 bits per heavy atom. The zero-order valence-corrected chi connectivity index (χ0v) is 15.2. The summed E-state index contributed by atoms with van der Waals surface area (Å²) in [4.78, 5) is 5.82. The van der Waals surface area contributed by atoms with Crippen LogP contribution in [0.4, 0.5) is 0 Å². The van der Waals surface area contributed by atoms with Crippen molar-refractivity contribution < 1.29 is 14.3 Å². The van der Waals surface area contributed by atoms with Gasteiger partial charge in [0.05, 0.1) is 18.4 Å². The molecule has 0 aromatic carbocycles. The van der Waals surface area contributed by atoms with Crippen molar-refractivity contribution in [2.75, 3.05) is 26.3 Å². The molecule has 0 radical (unpaired) electrons. The Morgan fingerprint density at radius 3 is 2.50 bits per heavy atom. The van der Waals surface area contributed by atoms with Gasteiger partial charge in [-0.25, -0.2) is 0 Å². The fourth-order valence-electron chi connectivity index (χ4n) is 3.01. The van der Waals surface area contributed by atoms with Crippen LogP contribution < -0.4 is 0 Å². The Kier molecular flexibility index (Phi) is 8.06. The quantitative estimate of drug-likeness (QED) is 0.365. The number of nitrogens with zero attached hydrogens (tertiary/aromatic N) is 3. The van der Waals surface area contributed by atoms with Gasteiger partial charge in [0, 0.05) is 19.7 Å². The molecule has 0 aromatic rings. The predicted octanol–water partition coefficient (Wildman–Crippen LogP) is 3.93. The molecule has 1 atom stereocenters. The number of likely N-dealkylation sites (tertiary alicyclic amines) is 1. The maximum Gasteiger partial charge on any atom is 0.328 e. The van der Waals surface area contributed by atoms with Crippen LogP contribution in [0.25, 0.3) is 5.53 Å². The largest absolute Gasteiger partial charge is 0.491 e. The lowest BCUT2D eigenvalue weighted by molar-refractivity contribution is -0.0238. The molecule has 0 amide bonds. The summed E-state index contributed by atoms with van der Waals surface area (Å²) in [5.41, 5.74) is 11.0. The van der Waals surface area contributed by atoms with Gasteiger partial charge in [0.2, 0.25) is 0 Å². The molecule has 134 valence electrons. The summed E-state index contributed by atoms with van der Waals surface area (Å²) in [5, 5.41) is 0. The van der Waals surface area contributed by atoms with Gasteiger partial charge >= 0.3 is 5.71 Å². The van der Waals surface area contributed by atoms with Gasteiger partial charge in [-0.3, -0.25) is 0 Å². The molecular formula is C19H31N3O2. The SMILES string of the molecule is CCCCOC1=CC(=[N+]=[N-])C(OCCCC)C=C1N1CCCCC1. The average molecular weight is 333 g/mol. The van der Waals surface area contributed by atoms with Crippen molar-refractivity contribution in [3.8, 4) is 0 Å². The third-order valence-electron chi connectivity index (χ3n) is 4.50. The van der Waals surface area contributed by atoms with Gasteiger partial charge in [0.25, 0.3) is 0 Å². The molecule has 0 aromatic heterocycles. The Morgan fingerprint density at radius 1 is 1.12 bits per heavy atom. The van der Waals surface area contributed by atoms with E-state index in [1.807, 2.05) is 6.08 Å². The highest BCUT2D eigenvalue weighted by Gasteiger charge is 2.31. The molecule has 1 saturated heterocycles. The molecule has 1 aliphatic heterocycles. The van der Waals surface area contributed by atoms with Crippen molar-refractivity contribution in [3.63, 3.8) is 0 Å². The van der Waals surface area contributed by atoms with Crippen LogP contribution in [0.3, 0.4) is 0 Å². The van der Waals surface area contributed by atoms with Crippen LogP contribution in [-0.4, -0.2) is 47.8 Å². The van der Waals surface area contributed by atoms with E-state index in [0.717, 1.165) is 50.2 Å². The number of ether oxygens (including phenoxy) is 2. The Bertz CT molecular complexity index is 501. The summed E-state index contributed by atoms with van der Waals surface area (Å²) in [5.74, 6) is 0.813. The van der Waals surface area contributed by atoms with Crippen LogP contribution >= 0.6 is 0 Å². The first-order valence-electron chi connectivity index (χ1n) is 9.45. The molecule has 0 spiro atoms. The van der Waals surface area contributed by atoms with Gasteiger partial charge < -0.3 is 19.9 Å². The second kappa shape index (κ2) is 10.3. The molecule has 1 aliphatic carbocycles. The van der Waals surface area contributed by atoms with E-state index in [0.29, 0.717) is 18.9 Å². The van der Waals surface area contributed by atoms with Crippen LogP contribution in [-0.2, 0) is 9.47 Å². The smallest absolute Gasteiger partial charge is 0.328 e. The molecule has 2 rings (SSSR count). The third kappa shape index (κ3) is 5.22. The van der Waals surface area contributed by atoms with Gasteiger partial charge in [-0.05, 0) is 38.2 Å². The fraction of sp³-hybridized carbons (Fsp3) is 0.737. The summed E-state index contributed by atoms with van der Waals surface area (Å²) in [6.45, 7) is 7.75. The highest BCUT2D eigenvalue weighted by Crippen LogP contribution is 2.26. The number of unbranched alkanes of at least 4 members (excludes halogenated alkanes) is 2. The Balaban J connectivity index is 2.16. The first-order chi connectivity index (χ1) is 11.8. The number of hydrogen-bond acceptors (Lipinski definition) is 3. The minimum atomic E-state index is -0.294. The summed E-state index contributed by atoms with van der Waals surface area (Å²) >= 11 is 0. The number of rotatable bonds is 9. The zero-order chi connectivity index (χ0) is 17.2. The van der Waals surface area contributed by atoms with E-state index in [4.69, 9.17) is 9.47 Å². The first kappa shape index (κ1) is 18.8. The molecule has 2 aliphatic rings. The van der Waals surface area contributed by atoms with E-state index in [9.17, 15) is 5.53 Å². The van der Waals surface area contributed by atoms with E-state index in [2.05, 4.69) is 29.6 Å². The molecule has 0 N–H and O–H groups in total. The number of hydrogen-bond donors (Lipinski definition) is 0. The normalized spacial score (nSPS) is 21.2. The monoisotopic (exact) mass is 333 g/mol. The van der Waals surface area contributed by atoms with Gasteiger partial charge in [-0.1, -0.05) is 26.7 Å². The second-order valence-corrected chi connectivity index (χ2v) is 6.48. The van der Waals surface area contributed by atoms with Crippen LogP contribution in [0, 0.1) is 0 Å². The fourth-order valence-corrected chi connectivity index (χ4v) is 3.01. The summed E-state index contributed by atoms with van der Waals surface area (Å²) < 4.78 is 11.9. The molecule has 5 heteroatoms. The topological polar surface area (TPSA) is 58.1 Å². The lowest BCUT2D eigenvalue weighted by Crippen LogP contribution is -2.35. The van der Waals surface area contributed by atoms with Crippen molar-refractivity contribution in [2.24, 2.45) is 0 Å². The predicted molar refractivity (Wildman–Crippen MR) is 95.7 cm³/mol. The minimum Gasteiger partial charge on any atom is -0.491 e. The van der Waals surface area contributed by atoms with Gasteiger partial charge in [0.1, 0.15) is 5.76 Å². The van der Waals surface area contributed by atoms with E-state index < -0.39 is 0 Å². The Hall–Kier alpha value is -1.58. The molecule has 5 nitrogen and oxygen atoms in total. The highest BCUT2D eigenvalue weighted by atomic mass is 16.5. The highest BCUT2D eigenvalue weighted by molar-refractivity contribution is 5.97. The summed E-state index contributed by atoms with van der Waals surface area (Å²) in [6, 6.07) is 0. The zero-order valence-electron chi connectivity index (χ0n) is 15.2. The van der Waals surface area contributed by atoms with E-state index >= 15 is 0 Å². The molecule has 0 bridgehead atoms. The molecule has 1 unspecified atom stereocenters. The average Bonchev–Trinajstić information content (AvgIpc) is 2.63. The van der Waals surface area contributed by atoms with Crippen molar-refractivity contribution in [2.45, 2.75) is 64.9 Å². The van der Waals surface area contributed by atoms with Crippen LogP contribution in [0.2, 0.25) is 0 Å². The molecule has 0 saturated carbocycles. The second-order valence-electron chi connectivity index (χ2n) is 6.48. The summed E-state index contributed by atoms with van der Waals surface area (Å²) in [6.07, 6.45) is 11.5. The van der Waals surface area contributed by atoms with Crippen LogP contribution in [0.15, 0.2) is 23.6 Å². The molecule has 24 heavy (non-hydrogen) atoms. The van der Waals surface area contributed by atoms with Crippen molar-refractivity contribution in [3.05, 3.63) is 29.1 Å². The van der Waals surface area contributed by atoms with Gasteiger partial charge in [-0.15, -0.1) is 0 Å². The number of piperidine rings is 1. The molecule has 1 heterocycles. The Labute approximate surface area is 145 Å². The minimum absolute atomic E-state index is 0.294. The molecule has 1 fully saturated rings. The van der Waals surface area contributed by atoms with Crippen LogP contribution in [0.1, 0.15) is 58.8 Å². The third-order valence-corrected chi connectivity index (χ3v) is 4.50. The van der Waals surface area contributed by atoms with E-state index in [-0.39, 0.29) is 6.10 Å². The van der Waals surface area contributed by atoms with Crippen molar-refractivity contribution in [1.29, 1.82) is 0 Å². The maximum absolute atomic E-state index is 9.37. The first-order valence-corrected chi connectivity index (χ1v) is 9.45. The summed E-state index contributed by atoms with van der Waals surface area (Å²) in [7, 11) is 0. The van der Waals surface area contributed by atoms with Crippen molar-refractivity contribution >= 4 is 5.71 Å². The lowest BCUT2D eigenvalue weighted by Gasteiger charge is -2.33. The van der Waals surface area contributed by atoms with E-state index in [1.165, 1.54) is 19.3 Å². The van der Waals surface area contributed by atoms with E-state index in [1.54, 1.807) is 0 Å². The van der Waals surface area contributed by atoms with Crippen LogP contribution in [0.5, 0.6) is 0 Å². The van der Waals surface area contributed by atoms with Gasteiger partial charge in [0.15, 0.2) is 6.10 Å². The van der Waals surface area contributed by atoms with Crippen molar-refractivity contribution in [1.82, 2.24) is 4.90 Å².